The number of aryl methyl sites for hydroxylation is 1. The first kappa shape index (κ1) is 14.9. The second-order valence-electron chi connectivity index (χ2n) is 4.53. The van der Waals surface area contributed by atoms with Crippen LogP contribution in [-0.4, -0.2) is 29.5 Å². The van der Waals surface area contributed by atoms with E-state index in [2.05, 4.69) is 15.9 Å². The largest absolute Gasteiger partial charge is 0.480 e. The van der Waals surface area contributed by atoms with Crippen LogP contribution in [0.2, 0.25) is 0 Å². The molecule has 108 valence electrons. The maximum atomic E-state index is 11.4. The van der Waals surface area contributed by atoms with E-state index < -0.39 is 17.1 Å². The summed E-state index contributed by atoms with van der Waals surface area (Å²) in [5, 5.41) is 11.1. The zero-order chi connectivity index (χ0) is 14.9. The first-order chi connectivity index (χ1) is 9.43. The first-order valence-electron chi connectivity index (χ1n) is 6.19. The van der Waals surface area contributed by atoms with Crippen molar-refractivity contribution in [2.45, 2.75) is 32.5 Å². The smallest absolute Gasteiger partial charge is 0.312 e. The molecule has 20 heavy (non-hydrogen) atoms. The molecule has 0 heterocycles. The highest BCUT2D eigenvalue weighted by Gasteiger charge is 2.43. The van der Waals surface area contributed by atoms with Crippen LogP contribution < -0.4 is 4.74 Å². The van der Waals surface area contributed by atoms with Crippen molar-refractivity contribution < 1.29 is 19.2 Å². The SMILES string of the molecule is CCOC1C(=O)CC1Oc1c(C)cc(Br)cc1[N+](=O)[O-]. The van der Waals surface area contributed by atoms with Gasteiger partial charge in [0.05, 0.1) is 4.92 Å². The Hall–Kier alpha value is -1.47. The number of ketones is 1. The molecule has 7 heteroatoms. The maximum absolute atomic E-state index is 11.4. The number of carbonyl (C=O) groups excluding carboxylic acids is 1. The Morgan fingerprint density at radius 1 is 1.50 bits per heavy atom. The summed E-state index contributed by atoms with van der Waals surface area (Å²) >= 11 is 3.22. The van der Waals surface area contributed by atoms with E-state index in [4.69, 9.17) is 9.47 Å². The van der Waals surface area contributed by atoms with E-state index in [1.807, 2.05) is 0 Å². The monoisotopic (exact) mass is 343 g/mol. The fourth-order valence-electron chi connectivity index (χ4n) is 2.10. The molecular weight excluding hydrogens is 330 g/mol. The zero-order valence-corrected chi connectivity index (χ0v) is 12.7. The van der Waals surface area contributed by atoms with Crippen LogP contribution in [0, 0.1) is 17.0 Å². The summed E-state index contributed by atoms with van der Waals surface area (Å²) in [5.41, 5.74) is 0.521. The van der Waals surface area contributed by atoms with Crippen LogP contribution in [0.1, 0.15) is 18.9 Å². The fourth-order valence-corrected chi connectivity index (χ4v) is 2.66. The van der Waals surface area contributed by atoms with Gasteiger partial charge in [-0.25, -0.2) is 0 Å². The van der Waals surface area contributed by atoms with E-state index in [9.17, 15) is 14.9 Å². The molecule has 0 saturated heterocycles. The Bertz CT molecular complexity index is 560. The second kappa shape index (κ2) is 5.88. The third-order valence-corrected chi connectivity index (χ3v) is 3.55. The molecule has 1 saturated carbocycles. The molecule has 0 bridgehead atoms. The Balaban J connectivity index is 2.25. The molecule has 0 radical (unpaired) electrons. The van der Waals surface area contributed by atoms with Gasteiger partial charge in [0.25, 0.3) is 0 Å². The Morgan fingerprint density at radius 3 is 2.75 bits per heavy atom. The minimum atomic E-state index is -0.623. The van der Waals surface area contributed by atoms with E-state index in [0.717, 1.165) is 0 Å². The lowest BCUT2D eigenvalue weighted by molar-refractivity contribution is -0.386. The lowest BCUT2D eigenvalue weighted by atomic mass is 9.90. The summed E-state index contributed by atoms with van der Waals surface area (Å²) in [7, 11) is 0. The number of rotatable bonds is 5. The minimum Gasteiger partial charge on any atom is -0.480 e. The molecule has 2 rings (SSSR count). The average Bonchev–Trinajstić information content (AvgIpc) is 2.37. The molecule has 0 amide bonds. The van der Waals surface area contributed by atoms with Gasteiger partial charge in [0.2, 0.25) is 5.75 Å². The number of nitrogens with zero attached hydrogens (tertiary/aromatic N) is 1. The first-order valence-corrected chi connectivity index (χ1v) is 6.98. The van der Waals surface area contributed by atoms with Crippen molar-refractivity contribution in [3.05, 3.63) is 32.3 Å². The standard InChI is InChI=1S/C13H14BrNO5/c1-3-19-13-10(16)6-11(13)20-12-7(2)4-8(14)5-9(12)15(17)18/h4-5,11,13H,3,6H2,1-2H3. The van der Waals surface area contributed by atoms with Gasteiger partial charge in [-0.2, -0.15) is 0 Å². The van der Waals surface area contributed by atoms with Gasteiger partial charge >= 0.3 is 5.69 Å². The average molecular weight is 344 g/mol. The lowest BCUT2D eigenvalue weighted by Crippen LogP contribution is -2.52. The van der Waals surface area contributed by atoms with Crippen molar-refractivity contribution in [2.75, 3.05) is 6.61 Å². The molecular formula is C13H14BrNO5. The van der Waals surface area contributed by atoms with Crippen LogP contribution in [0.3, 0.4) is 0 Å². The molecule has 1 fully saturated rings. The van der Waals surface area contributed by atoms with Gasteiger partial charge in [0.15, 0.2) is 11.9 Å². The van der Waals surface area contributed by atoms with Gasteiger partial charge < -0.3 is 9.47 Å². The highest BCUT2D eigenvalue weighted by molar-refractivity contribution is 9.10. The molecule has 1 aromatic rings. The van der Waals surface area contributed by atoms with Gasteiger partial charge in [-0.15, -0.1) is 0 Å². The molecule has 2 atom stereocenters. The lowest BCUT2D eigenvalue weighted by Gasteiger charge is -2.34. The molecule has 2 unspecified atom stereocenters. The number of ether oxygens (including phenoxy) is 2. The minimum absolute atomic E-state index is 0.0331. The molecule has 1 aliphatic rings. The number of nitro groups is 1. The highest BCUT2D eigenvalue weighted by Crippen LogP contribution is 2.37. The summed E-state index contributed by atoms with van der Waals surface area (Å²) in [6.07, 6.45) is -0.860. The molecule has 0 N–H and O–H groups in total. The van der Waals surface area contributed by atoms with Crippen LogP contribution in [0.15, 0.2) is 16.6 Å². The number of Topliss-reactive ketones (excluding diaryl/α,β-unsaturated/α-hetero) is 1. The summed E-state index contributed by atoms with van der Waals surface area (Å²) in [6, 6.07) is 3.12. The number of hydrogen-bond donors (Lipinski definition) is 0. The van der Waals surface area contributed by atoms with Gasteiger partial charge in [-0.1, -0.05) is 15.9 Å². The molecule has 0 aliphatic heterocycles. The molecule has 0 spiro atoms. The van der Waals surface area contributed by atoms with Gasteiger partial charge in [-0.05, 0) is 25.5 Å². The van der Waals surface area contributed by atoms with E-state index in [-0.39, 0.29) is 23.6 Å². The van der Waals surface area contributed by atoms with Crippen molar-refractivity contribution in [1.29, 1.82) is 0 Å². The number of benzene rings is 1. The normalized spacial score (nSPS) is 21.4. The summed E-state index contributed by atoms with van der Waals surface area (Å²) < 4.78 is 11.6. The van der Waals surface area contributed by atoms with Crippen molar-refractivity contribution in [3.8, 4) is 5.75 Å². The maximum Gasteiger partial charge on any atom is 0.312 e. The molecule has 1 aliphatic carbocycles. The van der Waals surface area contributed by atoms with Gasteiger partial charge in [0.1, 0.15) is 6.10 Å². The van der Waals surface area contributed by atoms with Crippen molar-refractivity contribution >= 4 is 27.4 Å². The molecule has 0 aromatic heterocycles. The number of hydrogen-bond acceptors (Lipinski definition) is 5. The quantitative estimate of drug-likeness (QED) is 0.606. The zero-order valence-electron chi connectivity index (χ0n) is 11.1. The van der Waals surface area contributed by atoms with Crippen molar-refractivity contribution in [3.63, 3.8) is 0 Å². The van der Waals surface area contributed by atoms with E-state index in [1.165, 1.54) is 6.07 Å². The molecule has 1 aromatic carbocycles. The van der Waals surface area contributed by atoms with Gasteiger partial charge in [0, 0.05) is 23.6 Å². The third kappa shape index (κ3) is 2.83. The summed E-state index contributed by atoms with van der Waals surface area (Å²) in [5.74, 6) is 0.162. The van der Waals surface area contributed by atoms with Crippen LogP contribution in [0.25, 0.3) is 0 Å². The Kier molecular flexibility index (Phi) is 4.39. The Morgan fingerprint density at radius 2 is 2.20 bits per heavy atom. The van der Waals surface area contributed by atoms with Crippen molar-refractivity contribution in [2.24, 2.45) is 0 Å². The van der Waals surface area contributed by atoms with Crippen LogP contribution in [0.5, 0.6) is 5.75 Å². The van der Waals surface area contributed by atoms with E-state index >= 15 is 0 Å². The number of carbonyl (C=O) groups is 1. The third-order valence-electron chi connectivity index (χ3n) is 3.09. The number of halogens is 1. The summed E-state index contributed by atoms with van der Waals surface area (Å²) in [4.78, 5) is 22.0. The predicted molar refractivity (Wildman–Crippen MR) is 75.0 cm³/mol. The number of nitro benzene ring substituents is 1. The summed E-state index contributed by atoms with van der Waals surface area (Å²) in [6.45, 7) is 3.91. The van der Waals surface area contributed by atoms with Crippen LogP contribution in [0.4, 0.5) is 5.69 Å². The second-order valence-corrected chi connectivity index (χ2v) is 5.45. The predicted octanol–water partition coefficient (Wildman–Crippen LogP) is 2.79. The fraction of sp³-hybridized carbons (Fsp3) is 0.462. The highest BCUT2D eigenvalue weighted by atomic mass is 79.9. The molecule has 6 nitrogen and oxygen atoms in total. The van der Waals surface area contributed by atoms with Crippen LogP contribution >= 0.6 is 15.9 Å². The Labute approximate surface area is 124 Å². The van der Waals surface area contributed by atoms with Gasteiger partial charge in [-0.3, -0.25) is 14.9 Å². The topological polar surface area (TPSA) is 78.7 Å². The van der Waals surface area contributed by atoms with E-state index in [0.29, 0.717) is 16.6 Å². The van der Waals surface area contributed by atoms with E-state index in [1.54, 1.807) is 19.9 Å². The van der Waals surface area contributed by atoms with Crippen LogP contribution in [-0.2, 0) is 9.53 Å². The van der Waals surface area contributed by atoms with Crippen molar-refractivity contribution in [1.82, 2.24) is 0 Å².